The molecule has 2 N–H and O–H groups in total. The first-order chi connectivity index (χ1) is 8.66. The first kappa shape index (κ1) is 13.1. The minimum atomic E-state index is 0.0642. The topological polar surface area (TPSA) is 44.4 Å². The van der Waals surface area contributed by atoms with Gasteiger partial charge in [-0.25, -0.2) is 0 Å². The third kappa shape index (κ3) is 3.31. The van der Waals surface area contributed by atoms with E-state index < -0.39 is 0 Å². The van der Waals surface area contributed by atoms with Crippen molar-refractivity contribution < 1.29 is 4.79 Å². The number of rotatable bonds is 5. The van der Waals surface area contributed by atoms with Crippen LogP contribution in [0.15, 0.2) is 30.3 Å². The lowest BCUT2D eigenvalue weighted by atomic mass is 10.0. The summed E-state index contributed by atoms with van der Waals surface area (Å²) in [5.74, 6) is 0.294. The summed E-state index contributed by atoms with van der Waals surface area (Å²) in [5.41, 5.74) is 1.16. The number of hydrogen-bond acceptors (Lipinski definition) is 3. The minimum absolute atomic E-state index is 0.0642. The molecule has 1 saturated heterocycles. The molecule has 4 heteroatoms. The summed E-state index contributed by atoms with van der Waals surface area (Å²) in [5, 5.41) is 6.27. The summed E-state index contributed by atoms with van der Waals surface area (Å²) in [6.45, 7) is 2.42. The highest BCUT2D eigenvalue weighted by Gasteiger charge is 2.27. The zero-order valence-corrected chi connectivity index (χ0v) is 11.0. The molecule has 4 nitrogen and oxygen atoms in total. The van der Waals surface area contributed by atoms with Gasteiger partial charge in [0.05, 0.1) is 12.0 Å². The van der Waals surface area contributed by atoms with Crippen molar-refractivity contribution in [3.8, 4) is 0 Å². The van der Waals surface area contributed by atoms with Crippen molar-refractivity contribution in [3.05, 3.63) is 35.9 Å². The van der Waals surface area contributed by atoms with Gasteiger partial charge in [-0.05, 0) is 19.7 Å². The van der Waals surface area contributed by atoms with Crippen LogP contribution in [-0.4, -0.2) is 44.5 Å². The molecule has 1 amide bonds. The molecule has 2 rings (SSSR count). The van der Waals surface area contributed by atoms with Gasteiger partial charge in [-0.3, -0.25) is 4.79 Å². The average Bonchev–Trinajstić information content (AvgIpc) is 2.26. The Morgan fingerprint density at radius 3 is 2.56 bits per heavy atom. The van der Waals surface area contributed by atoms with Gasteiger partial charge in [0.15, 0.2) is 0 Å². The largest absolute Gasteiger partial charge is 0.348 e. The van der Waals surface area contributed by atoms with E-state index >= 15 is 0 Å². The molecule has 0 bridgehead atoms. The molecule has 1 aromatic rings. The summed E-state index contributed by atoms with van der Waals surface area (Å²) < 4.78 is 0. The molecule has 1 aliphatic heterocycles. The second-order valence-electron chi connectivity index (χ2n) is 5.09. The molecule has 1 aliphatic rings. The van der Waals surface area contributed by atoms with E-state index in [2.05, 4.69) is 27.7 Å². The normalized spacial score (nSPS) is 17.3. The number of carbonyl (C=O) groups excluding carboxylic acids is 1. The number of likely N-dealkylation sites (N-methyl/N-ethyl adjacent to an activating group) is 1. The van der Waals surface area contributed by atoms with Crippen molar-refractivity contribution in [2.24, 2.45) is 5.92 Å². The summed E-state index contributed by atoms with van der Waals surface area (Å²) in [6.07, 6.45) is 0. The molecule has 0 radical (unpaired) electrons. The van der Waals surface area contributed by atoms with Crippen molar-refractivity contribution in [2.45, 2.75) is 6.04 Å². The lowest BCUT2D eigenvalue weighted by Crippen LogP contribution is -2.52. The lowest BCUT2D eigenvalue weighted by Gasteiger charge is -2.29. The van der Waals surface area contributed by atoms with E-state index in [9.17, 15) is 4.79 Å². The second kappa shape index (κ2) is 5.98. The van der Waals surface area contributed by atoms with Gasteiger partial charge in [0.25, 0.3) is 0 Å². The molecule has 1 aromatic carbocycles. The quantitative estimate of drug-likeness (QED) is 0.802. The molecule has 1 unspecified atom stereocenters. The van der Waals surface area contributed by atoms with Crippen molar-refractivity contribution in [2.75, 3.05) is 33.7 Å². The molecule has 0 aromatic heterocycles. The van der Waals surface area contributed by atoms with Crippen LogP contribution in [0.25, 0.3) is 0 Å². The van der Waals surface area contributed by atoms with E-state index in [1.807, 2.05) is 32.3 Å². The van der Waals surface area contributed by atoms with Gasteiger partial charge in [-0.15, -0.1) is 0 Å². The fraction of sp³-hybridized carbons (Fsp3) is 0.500. The summed E-state index contributed by atoms with van der Waals surface area (Å²) in [7, 11) is 4.04. The Kier molecular flexibility index (Phi) is 4.33. The SMILES string of the molecule is CN(C)CC(NC(=O)C1CNC1)c1ccccc1. The van der Waals surface area contributed by atoms with Gasteiger partial charge >= 0.3 is 0 Å². The molecule has 0 aliphatic carbocycles. The Bertz CT molecular complexity index is 387. The van der Waals surface area contributed by atoms with Crippen LogP contribution in [0.5, 0.6) is 0 Å². The number of nitrogens with zero attached hydrogens (tertiary/aromatic N) is 1. The number of carbonyl (C=O) groups is 1. The first-order valence-electron chi connectivity index (χ1n) is 6.37. The highest BCUT2D eigenvalue weighted by atomic mass is 16.2. The van der Waals surface area contributed by atoms with Crippen molar-refractivity contribution >= 4 is 5.91 Å². The Hall–Kier alpha value is -1.39. The Labute approximate surface area is 108 Å². The average molecular weight is 247 g/mol. The first-order valence-corrected chi connectivity index (χ1v) is 6.37. The van der Waals surface area contributed by atoms with Gasteiger partial charge in [-0.1, -0.05) is 30.3 Å². The van der Waals surface area contributed by atoms with Crippen molar-refractivity contribution in [1.82, 2.24) is 15.5 Å². The zero-order valence-electron chi connectivity index (χ0n) is 11.0. The van der Waals surface area contributed by atoms with Crippen LogP contribution in [0.1, 0.15) is 11.6 Å². The summed E-state index contributed by atoms with van der Waals surface area (Å²) in [4.78, 5) is 14.1. The molecule has 1 heterocycles. The fourth-order valence-corrected chi connectivity index (χ4v) is 2.05. The Morgan fingerprint density at radius 1 is 1.39 bits per heavy atom. The highest BCUT2D eigenvalue weighted by Crippen LogP contribution is 2.15. The third-order valence-corrected chi connectivity index (χ3v) is 3.22. The summed E-state index contributed by atoms with van der Waals surface area (Å²) >= 11 is 0. The van der Waals surface area contributed by atoms with E-state index in [4.69, 9.17) is 0 Å². The monoisotopic (exact) mass is 247 g/mol. The van der Waals surface area contributed by atoms with E-state index in [-0.39, 0.29) is 17.9 Å². The van der Waals surface area contributed by atoms with E-state index in [0.717, 1.165) is 25.2 Å². The molecular formula is C14H21N3O. The number of amides is 1. The second-order valence-corrected chi connectivity index (χ2v) is 5.09. The van der Waals surface area contributed by atoms with Gasteiger partial charge < -0.3 is 15.5 Å². The molecule has 18 heavy (non-hydrogen) atoms. The standard InChI is InChI=1S/C14H21N3O/c1-17(2)10-13(11-6-4-3-5-7-11)16-14(18)12-8-15-9-12/h3-7,12-13,15H,8-10H2,1-2H3,(H,16,18). The predicted molar refractivity (Wildman–Crippen MR) is 72.2 cm³/mol. The molecule has 0 saturated carbocycles. The van der Waals surface area contributed by atoms with E-state index in [0.29, 0.717) is 0 Å². The third-order valence-electron chi connectivity index (χ3n) is 3.22. The van der Waals surface area contributed by atoms with Gasteiger partial charge in [0.2, 0.25) is 5.91 Å². The van der Waals surface area contributed by atoms with Crippen LogP contribution >= 0.6 is 0 Å². The highest BCUT2D eigenvalue weighted by molar-refractivity contribution is 5.80. The smallest absolute Gasteiger partial charge is 0.226 e. The minimum Gasteiger partial charge on any atom is -0.348 e. The maximum atomic E-state index is 12.0. The molecule has 1 atom stereocenters. The number of hydrogen-bond donors (Lipinski definition) is 2. The Morgan fingerprint density at radius 2 is 2.06 bits per heavy atom. The fourth-order valence-electron chi connectivity index (χ4n) is 2.05. The van der Waals surface area contributed by atoms with Crippen LogP contribution in [0.2, 0.25) is 0 Å². The molecule has 98 valence electrons. The van der Waals surface area contributed by atoms with Crippen LogP contribution in [0.4, 0.5) is 0 Å². The molecule has 1 fully saturated rings. The van der Waals surface area contributed by atoms with E-state index in [1.54, 1.807) is 0 Å². The number of nitrogens with one attached hydrogen (secondary N) is 2. The van der Waals surface area contributed by atoms with Crippen molar-refractivity contribution in [3.63, 3.8) is 0 Å². The van der Waals surface area contributed by atoms with Crippen LogP contribution in [-0.2, 0) is 4.79 Å². The predicted octanol–water partition coefficient (Wildman–Crippen LogP) is 0.625. The lowest BCUT2D eigenvalue weighted by molar-refractivity contribution is -0.127. The van der Waals surface area contributed by atoms with Gasteiger partial charge in [0.1, 0.15) is 0 Å². The van der Waals surface area contributed by atoms with Gasteiger partial charge in [0, 0.05) is 19.6 Å². The maximum Gasteiger partial charge on any atom is 0.226 e. The molecule has 0 spiro atoms. The molecular weight excluding hydrogens is 226 g/mol. The van der Waals surface area contributed by atoms with Crippen LogP contribution in [0, 0.1) is 5.92 Å². The van der Waals surface area contributed by atoms with E-state index in [1.165, 1.54) is 0 Å². The number of benzene rings is 1. The summed E-state index contributed by atoms with van der Waals surface area (Å²) in [6, 6.07) is 10.2. The van der Waals surface area contributed by atoms with Crippen LogP contribution in [0.3, 0.4) is 0 Å². The van der Waals surface area contributed by atoms with Gasteiger partial charge in [-0.2, -0.15) is 0 Å². The maximum absolute atomic E-state index is 12.0. The van der Waals surface area contributed by atoms with Crippen molar-refractivity contribution in [1.29, 1.82) is 0 Å². The Balaban J connectivity index is 2.02. The van der Waals surface area contributed by atoms with Crippen LogP contribution < -0.4 is 10.6 Å². The zero-order chi connectivity index (χ0) is 13.0.